The Kier molecular flexibility index (Phi) is 12.6. The molecule has 5 N–H and O–H groups in total. The number of nitrogens with one attached hydrogen (secondary N) is 3. The molecule has 252 valence electrons. The van der Waals surface area contributed by atoms with Gasteiger partial charge in [0.05, 0.1) is 5.69 Å². The van der Waals surface area contributed by atoms with Gasteiger partial charge in [-0.2, -0.15) is 0 Å². The number of carbonyl (C=O) groups is 3. The lowest BCUT2D eigenvalue weighted by Crippen LogP contribution is -2.58. The van der Waals surface area contributed by atoms with E-state index in [1.165, 1.54) is 56.0 Å². The highest BCUT2D eigenvalue weighted by molar-refractivity contribution is 7.99. The van der Waals surface area contributed by atoms with Gasteiger partial charge in [-0.25, -0.2) is 14.8 Å². The Morgan fingerprint density at radius 2 is 1.76 bits per heavy atom. The number of hydrogen-bond acceptors (Lipinski definition) is 8. The van der Waals surface area contributed by atoms with Crippen LogP contribution in [-0.2, 0) is 25.3 Å². The minimum atomic E-state index is -4.73. The van der Waals surface area contributed by atoms with Crippen molar-refractivity contribution in [3.63, 3.8) is 0 Å². The molecule has 2 aromatic rings. The maximum Gasteiger partial charge on any atom is 0.524 e. The maximum absolute atomic E-state index is 14.0. The Balaban J connectivity index is 1.48. The van der Waals surface area contributed by atoms with Crippen LogP contribution in [0.3, 0.4) is 0 Å². The largest absolute Gasteiger partial charge is 0.524 e. The topological polar surface area (TPSA) is 167 Å². The molecule has 1 fully saturated rings. The molecule has 0 saturated heterocycles. The molecule has 2 aromatic carbocycles. The Hall–Kier alpha value is -3.09. The van der Waals surface area contributed by atoms with Gasteiger partial charge in [0.15, 0.2) is 0 Å². The van der Waals surface area contributed by atoms with E-state index < -0.39 is 37.5 Å². The second kappa shape index (κ2) is 16.1. The van der Waals surface area contributed by atoms with Gasteiger partial charge in [0.25, 0.3) is 0 Å². The number of benzene rings is 2. The van der Waals surface area contributed by atoms with Crippen molar-refractivity contribution < 1.29 is 38.0 Å². The minimum Gasteiger partial charge on any atom is -0.443 e. The number of carbonyl (C=O) groups excluding carboxylic acids is 3. The Morgan fingerprint density at radius 3 is 2.43 bits per heavy atom. The standard InChI is InChI=1S/C32H45N4O8PS/c1-32(2,3)43-31(39)35-34-25(20-23-15-17-24(18-16-23)44-45(40,41)42)29(37)33-26-21-46-28-14-8-7-13-27(28)36(30(26)38)19-9-12-22-10-5-4-6-11-22/h7-8,13-18,22,25-26,34H,4-6,9-12,19-21H2,1-3H3,(H,33,37)(H,35,39)(H2,40,41,42)/t25-,26-/m0/s1. The smallest absolute Gasteiger partial charge is 0.443 e. The van der Waals surface area contributed by atoms with E-state index in [0.29, 0.717) is 23.8 Å². The third kappa shape index (κ3) is 11.3. The molecule has 46 heavy (non-hydrogen) atoms. The van der Waals surface area contributed by atoms with Crippen LogP contribution in [0.15, 0.2) is 53.4 Å². The summed E-state index contributed by atoms with van der Waals surface area (Å²) >= 11 is 1.51. The number of nitrogens with zero attached hydrogens (tertiary/aromatic N) is 1. The van der Waals surface area contributed by atoms with Crippen molar-refractivity contribution >= 4 is 43.2 Å². The van der Waals surface area contributed by atoms with Gasteiger partial charge in [-0.05, 0) is 75.8 Å². The van der Waals surface area contributed by atoms with E-state index in [1.807, 2.05) is 24.3 Å². The van der Waals surface area contributed by atoms with Crippen molar-refractivity contribution in [3.8, 4) is 5.75 Å². The van der Waals surface area contributed by atoms with Crippen LogP contribution in [0.5, 0.6) is 5.75 Å². The first-order valence-corrected chi connectivity index (χ1v) is 18.2. The molecule has 1 heterocycles. The highest BCUT2D eigenvalue weighted by Crippen LogP contribution is 2.38. The summed E-state index contributed by atoms with van der Waals surface area (Å²) in [5, 5.41) is 2.91. The number of phosphoric acid groups is 1. The predicted molar refractivity (Wildman–Crippen MR) is 176 cm³/mol. The molecule has 0 aromatic heterocycles. The zero-order valence-corrected chi connectivity index (χ0v) is 28.3. The second-order valence-corrected chi connectivity index (χ2v) is 15.0. The van der Waals surface area contributed by atoms with Crippen molar-refractivity contribution in [3.05, 3.63) is 54.1 Å². The third-order valence-electron chi connectivity index (χ3n) is 7.81. The van der Waals surface area contributed by atoms with Crippen LogP contribution >= 0.6 is 19.6 Å². The Bertz CT molecular complexity index is 1390. The number of hydrogen-bond donors (Lipinski definition) is 5. The third-order valence-corrected chi connectivity index (χ3v) is 9.42. The number of phosphoric ester groups is 1. The van der Waals surface area contributed by atoms with Crippen LogP contribution in [-0.4, -0.2) is 57.7 Å². The van der Waals surface area contributed by atoms with E-state index in [0.717, 1.165) is 23.4 Å². The summed E-state index contributed by atoms with van der Waals surface area (Å²) in [6.07, 6.45) is 7.54. The summed E-state index contributed by atoms with van der Waals surface area (Å²) < 4.78 is 21.1. The minimum absolute atomic E-state index is 0.0397. The van der Waals surface area contributed by atoms with Crippen molar-refractivity contribution in [2.45, 2.75) is 94.7 Å². The first-order valence-electron chi connectivity index (χ1n) is 15.7. The van der Waals surface area contributed by atoms with Gasteiger partial charge in [-0.3, -0.25) is 24.8 Å². The lowest BCUT2D eigenvalue weighted by Gasteiger charge is -2.28. The number of fused-ring (bicyclic) bond motifs is 1. The van der Waals surface area contributed by atoms with E-state index in [-0.39, 0.29) is 18.1 Å². The molecule has 12 nitrogen and oxygen atoms in total. The lowest BCUT2D eigenvalue weighted by atomic mass is 9.86. The summed E-state index contributed by atoms with van der Waals surface area (Å²) in [6.45, 7) is 5.70. The number of para-hydroxylation sites is 1. The fourth-order valence-electron chi connectivity index (χ4n) is 5.69. The molecule has 3 amide bonds. The molecule has 2 atom stereocenters. The van der Waals surface area contributed by atoms with Gasteiger partial charge >= 0.3 is 13.9 Å². The zero-order valence-electron chi connectivity index (χ0n) is 26.6. The van der Waals surface area contributed by atoms with Gasteiger partial charge in [0.2, 0.25) is 11.8 Å². The summed E-state index contributed by atoms with van der Waals surface area (Å²) in [5.74, 6) is 0.284. The summed E-state index contributed by atoms with van der Waals surface area (Å²) in [4.78, 5) is 61.1. The van der Waals surface area contributed by atoms with E-state index in [2.05, 4.69) is 20.7 Å². The van der Waals surface area contributed by atoms with Crippen molar-refractivity contribution in [1.82, 2.24) is 16.2 Å². The molecule has 1 saturated carbocycles. The first-order chi connectivity index (χ1) is 21.8. The average molecular weight is 677 g/mol. The summed E-state index contributed by atoms with van der Waals surface area (Å²) in [7, 11) is -4.73. The number of amides is 3. The molecule has 0 unspecified atom stereocenters. The zero-order chi connectivity index (χ0) is 33.3. The predicted octanol–water partition coefficient (Wildman–Crippen LogP) is 5.08. The van der Waals surface area contributed by atoms with Crippen LogP contribution in [0.25, 0.3) is 0 Å². The molecule has 1 aliphatic heterocycles. The summed E-state index contributed by atoms with van der Waals surface area (Å²) in [5.41, 5.74) is 5.85. The van der Waals surface area contributed by atoms with Crippen LogP contribution in [0.4, 0.5) is 10.5 Å². The molecular formula is C32H45N4O8PS. The van der Waals surface area contributed by atoms with Gasteiger partial charge in [0, 0.05) is 17.2 Å². The van der Waals surface area contributed by atoms with Crippen molar-refractivity contribution in [2.24, 2.45) is 5.92 Å². The maximum atomic E-state index is 14.0. The number of hydrazine groups is 1. The van der Waals surface area contributed by atoms with Crippen LogP contribution < -0.4 is 25.6 Å². The molecule has 1 aliphatic carbocycles. The molecule has 0 spiro atoms. The number of anilines is 1. The molecule has 0 bridgehead atoms. The normalized spacial score (nSPS) is 18.2. The quantitative estimate of drug-likeness (QED) is 0.151. The second-order valence-electron chi connectivity index (χ2n) is 12.7. The van der Waals surface area contributed by atoms with Gasteiger partial charge in [-0.1, -0.05) is 56.4 Å². The Morgan fingerprint density at radius 1 is 1.07 bits per heavy atom. The highest BCUT2D eigenvalue weighted by Gasteiger charge is 2.34. The monoisotopic (exact) mass is 676 g/mol. The van der Waals surface area contributed by atoms with Crippen LogP contribution in [0.2, 0.25) is 0 Å². The van der Waals surface area contributed by atoms with Crippen LogP contribution in [0, 0.1) is 5.92 Å². The van der Waals surface area contributed by atoms with Crippen LogP contribution in [0.1, 0.15) is 71.3 Å². The average Bonchev–Trinajstić information content (AvgIpc) is 3.11. The van der Waals surface area contributed by atoms with Crippen molar-refractivity contribution in [2.75, 3.05) is 17.2 Å². The van der Waals surface area contributed by atoms with Gasteiger partial charge in [0.1, 0.15) is 23.4 Å². The fourth-order valence-corrected chi connectivity index (χ4v) is 7.16. The van der Waals surface area contributed by atoms with E-state index >= 15 is 0 Å². The SMILES string of the molecule is CC(C)(C)OC(=O)NN[C@@H](Cc1ccc(OP(=O)(O)O)cc1)C(=O)N[C@H]1CSc2ccccc2N(CCCC2CCCCC2)C1=O. The number of ether oxygens (including phenoxy) is 1. The van der Waals surface area contributed by atoms with E-state index in [4.69, 9.17) is 14.5 Å². The molecule has 14 heteroatoms. The van der Waals surface area contributed by atoms with Gasteiger partial charge in [-0.15, -0.1) is 11.8 Å². The van der Waals surface area contributed by atoms with Crippen molar-refractivity contribution in [1.29, 1.82) is 0 Å². The summed E-state index contributed by atoms with van der Waals surface area (Å²) in [6, 6.07) is 11.8. The highest BCUT2D eigenvalue weighted by atomic mass is 32.2. The first kappa shape index (κ1) is 35.8. The van der Waals surface area contributed by atoms with Gasteiger partial charge < -0.3 is 19.5 Å². The molecule has 4 rings (SSSR count). The van der Waals surface area contributed by atoms with E-state index in [1.54, 1.807) is 37.8 Å². The molecule has 0 radical (unpaired) electrons. The fraction of sp³-hybridized carbons (Fsp3) is 0.531. The number of rotatable bonds is 12. The number of thioether (sulfide) groups is 1. The Labute approximate surface area is 274 Å². The molecular weight excluding hydrogens is 631 g/mol. The lowest BCUT2D eigenvalue weighted by molar-refractivity contribution is -0.128. The van der Waals surface area contributed by atoms with E-state index in [9.17, 15) is 18.9 Å². The molecule has 2 aliphatic rings.